The Labute approximate surface area is 123 Å². The molecule has 3 nitrogen and oxygen atoms in total. The monoisotopic (exact) mass is 276 g/mol. The molecule has 0 saturated carbocycles. The molecule has 1 aliphatic rings. The minimum Gasteiger partial charge on any atom is -0.377 e. The second-order valence-corrected chi connectivity index (χ2v) is 5.82. The zero-order chi connectivity index (χ0) is 14.4. The second-order valence-electron chi connectivity index (χ2n) is 5.82. The first-order chi connectivity index (χ1) is 9.70. The minimum absolute atomic E-state index is 0.365. The lowest BCUT2D eigenvalue weighted by Gasteiger charge is -2.25. The van der Waals surface area contributed by atoms with Gasteiger partial charge in [0.2, 0.25) is 0 Å². The molecule has 20 heavy (non-hydrogen) atoms. The summed E-state index contributed by atoms with van der Waals surface area (Å²) < 4.78 is 5.71. The van der Waals surface area contributed by atoms with E-state index in [0.29, 0.717) is 12.1 Å². The Hall–Kier alpha value is -0.900. The fourth-order valence-electron chi connectivity index (χ4n) is 3.03. The summed E-state index contributed by atoms with van der Waals surface area (Å²) in [4.78, 5) is 2.54. The van der Waals surface area contributed by atoms with Gasteiger partial charge in [0, 0.05) is 32.3 Å². The van der Waals surface area contributed by atoms with Gasteiger partial charge < -0.3 is 15.0 Å². The molecule has 2 atom stereocenters. The molecule has 0 spiro atoms. The van der Waals surface area contributed by atoms with Crippen LogP contribution in [0.25, 0.3) is 0 Å². The molecule has 0 aliphatic carbocycles. The van der Waals surface area contributed by atoms with Crippen LogP contribution in [-0.4, -0.2) is 44.3 Å². The first-order valence-corrected chi connectivity index (χ1v) is 7.77. The molecule has 2 rings (SSSR count). The molecule has 1 N–H and O–H groups in total. The van der Waals surface area contributed by atoms with Gasteiger partial charge in [0.05, 0.1) is 6.10 Å². The van der Waals surface area contributed by atoms with Crippen molar-refractivity contribution < 1.29 is 4.74 Å². The van der Waals surface area contributed by atoms with Crippen molar-refractivity contribution in [1.82, 2.24) is 10.2 Å². The molecular weight excluding hydrogens is 248 g/mol. The Morgan fingerprint density at radius 1 is 1.40 bits per heavy atom. The number of aryl methyl sites for hydroxylation is 1. The smallest absolute Gasteiger partial charge is 0.0673 e. The van der Waals surface area contributed by atoms with Crippen molar-refractivity contribution in [2.75, 3.05) is 33.3 Å². The van der Waals surface area contributed by atoms with Crippen LogP contribution in [0.5, 0.6) is 0 Å². The molecule has 3 heteroatoms. The number of hydrogen-bond donors (Lipinski definition) is 1. The van der Waals surface area contributed by atoms with E-state index in [4.69, 9.17) is 4.74 Å². The molecule has 0 amide bonds. The highest BCUT2D eigenvalue weighted by Crippen LogP contribution is 2.21. The van der Waals surface area contributed by atoms with E-state index in [9.17, 15) is 0 Å². The van der Waals surface area contributed by atoms with Crippen LogP contribution in [0.4, 0.5) is 0 Å². The van der Waals surface area contributed by atoms with Crippen molar-refractivity contribution in [3.8, 4) is 0 Å². The fraction of sp³-hybridized carbons (Fsp3) is 0.647. The third kappa shape index (κ3) is 4.30. The van der Waals surface area contributed by atoms with Gasteiger partial charge in [-0.15, -0.1) is 0 Å². The number of nitrogens with one attached hydrogen (secondary N) is 1. The number of nitrogens with zero attached hydrogens (tertiary/aromatic N) is 1. The van der Waals surface area contributed by atoms with Crippen LogP contribution in [-0.2, 0) is 4.74 Å². The Kier molecular flexibility index (Phi) is 6.02. The second kappa shape index (κ2) is 7.77. The van der Waals surface area contributed by atoms with E-state index >= 15 is 0 Å². The maximum atomic E-state index is 5.71. The van der Waals surface area contributed by atoms with E-state index in [2.05, 4.69) is 55.4 Å². The number of rotatable bonds is 5. The molecule has 2 unspecified atom stereocenters. The van der Waals surface area contributed by atoms with Crippen LogP contribution in [0.2, 0.25) is 0 Å². The van der Waals surface area contributed by atoms with Gasteiger partial charge in [-0.3, -0.25) is 0 Å². The molecule has 0 radical (unpaired) electrons. The SMILES string of the molecule is CNC(CCN1CCCOC(C)C1)c1ccccc1C. The molecule has 1 aromatic carbocycles. The largest absolute Gasteiger partial charge is 0.377 e. The van der Waals surface area contributed by atoms with Crippen molar-refractivity contribution in [3.63, 3.8) is 0 Å². The van der Waals surface area contributed by atoms with E-state index in [1.807, 2.05) is 0 Å². The summed E-state index contributed by atoms with van der Waals surface area (Å²) in [5.74, 6) is 0. The van der Waals surface area contributed by atoms with E-state index in [0.717, 1.165) is 39.1 Å². The van der Waals surface area contributed by atoms with E-state index in [1.165, 1.54) is 11.1 Å². The minimum atomic E-state index is 0.365. The fourth-order valence-corrected chi connectivity index (χ4v) is 3.03. The highest BCUT2D eigenvalue weighted by atomic mass is 16.5. The molecule has 1 aliphatic heterocycles. The Balaban J connectivity index is 1.92. The summed E-state index contributed by atoms with van der Waals surface area (Å²) in [5, 5.41) is 3.47. The van der Waals surface area contributed by atoms with Gasteiger partial charge in [0.15, 0.2) is 0 Å². The molecule has 1 saturated heterocycles. The normalized spacial score (nSPS) is 22.4. The van der Waals surface area contributed by atoms with Gasteiger partial charge in [-0.05, 0) is 44.9 Å². The molecule has 1 fully saturated rings. The van der Waals surface area contributed by atoms with Crippen LogP contribution in [0, 0.1) is 6.92 Å². The highest BCUT2D eigenvalue weighted by Gasteiger charge is 2.17. The average molecular weight is 276 g/mol. The van der Waals surface area contributed by atoms with Gasteiger partial charge in [0.25, 0.3) is 0 Å². The van der Waals surface area contributed by atoms with Crippen LogP contribution in [0.15, 0.2) is 24.3 Å². The first-order valence-electron chi connectivity index (χ1n) is 7.77. The summed E-state index contributed by atoms with van der Waals surface area (Å²) in [6.07, 6.45) is 2.66. The molecular formula is C17H28N2O. The lowest BCUT2D eigenvalue weighted by Crippen LogP contribution is -2.33. The third-order valence-electron chi connectivity index (χ3n) is 4.18. The van der Waals surface area contributed by atoms with Gasteiger partial charge in [0.1, 0.15) is 0 Å². The van der Waals surface area contributed by atoms with Gasteiger partial charge in [-0.25, -0.2) is 0 Å². The van der Waals surface area contributed by atoms with Gasteiger partial charge >= 0.3 is 0 Å². The molecule has 1 heterocycles. The quantitative estimate of drug-likeness (QED) is 0.895. The molecule has 0 aromatic heterocycles. The zero-order valence-corrected chi connectivity index (χ0v) is 13.1. The summed E-state index contributed by atoms with van der Waals surface area (Å²) in [6, 6.07) is 9.12. The Morgan fingerprint density at radius 3 is 2.95 bits per heavy atom. The van der Waals surface area contributed by atoms with Gasteiger partial charge in [-0.1, -0.05) is 24.3 Å². The zero-order valence-electron chi connectivity index (χ0n) is 13.1. The van der Waals surface area contributed by atoms with E-state index in [1.54, 1.807) is 0 Å². The summed E-state index contributed by atoms with van der Waals surface area (Å²) in [7, 11) is 2.06. The number of ether oxygens (including phenoxy) is 1. The summed E-state index contributed by atoms with van der Waals surface area (Å²) in [5.41, 5.74) is 2.80. The van der Waals surface area contributed by atoms with Crippen molar-refractivity contribution in [2.24, 2.45) is 0 Å². The first kappa shape index (κ1) is 15.5. The third-order valence-corrected chi connectivity index (χ3v) is 4.18. The van der Waals surface area contributed by atoms with Gasteiger partial charge in [-0.2, -0.15) is 0 Å². The van der Waals surface area contributed by atoms with Crippen LogP contribution < -0.4 is 5.32 Å². The lowest BCUT2D eigenvalue weighted by atomic mass is 9.98. The molecule has 0 bridgehead atoms. The molecule has 1 aromatic rings. The van der Waals surface area contributed by atoms with Crippen LogP contribution in [0.1, 0.15) is 36.9 Å². The van der Waals surface area contributed by atoms with Crippen LogP contribution >= 0.6 is 0 Å². The lowest BCUT2D eigenvalue weighted by molar-refractivity contribution is 0.0672. The van der Waals surface area contributed by atoms with Crippen molar-refractivity contribution in [3.05, 3.63) is 35.4 Å². The predicted molar refractivity (Wildman–Crippen MR) is 84.1 cm³/mol. The topological polar surface area (TPSA) is 24.5 Å². The van der Waals surface area contributed by atoms with E-state index in [-0.39, 0.29) is 0 Å². The number of hydrogen-bond acceptors (Lipinski definition) is 3. The van der Waals surface area contributed by atoms with E-state index < -0.39 is 0 Å². The highest BCUT2D eigenvalue weighted by molar-refractivity contribution is 5.28. The molecule has 112 valence electrons. The Bertz CT molecular complexity index is 408. The van der Waals surface area contributed by atoms with Crippen molar-refractivity contribution in [2.45, 2.75) is 38.8 Å². The maximum absolute atomic E-state index is 5.71. The predicted octanol–water partition coefficient (Wildman–Crippen LogP) is 2.76. The van der Waals surface area contributed by atoms with Crippen molar-refractivity contribution in [1.29, 1.82) is 0 Å². The number of benzene rings is 1. The maximum Gasteiger partial charge on any atom is 0.0673 e. The Morgan fingerprint density at radius 2 is 2.20 bits per heavy atom. The summed E-state index contributed by atoms with van der Waals surface area (Å²) >= 11 is 0. The standard InChI is InChI=1S/C17H28N2O/c1-14-7-4-5-8-16(14)17(18-3)9-11-19-10-6-12-20-15(2)13-19/h4-5,7-8,15,17-18H,6,9-13H2,1-3H3. The van der Waals surface area contributed by atoms with Crippen LogP contribution in [0.3, 0.4) is 0 Å². The van der Waals surface area contributed by atoms with Crippen molar-refractivity contribution >= 4 is 0 Å². The average Bonchev–Trinajstić information content (AvgIpc) is 2.65. The summed E-state index contributed by atoms with van der Waals surface area (Å²) in [6.45, 7) is 8.63.